The number of ether oxygens (including phenoxy) is 1. The molecule has 0 N–H and O–H groups in total. The van der Waals surface area contributed by atoms with E-state index in [0.717, 1.165) is 60.7 Å². The van der Waals surface area contributed by atoms with E-state index in [-0.39, 0.29) is 5.03 Å². The van der Waals surface area contributed by atoms with E-state index in [0.29, 0.717) is 19.0 Å². The molecule has 2 aromatic rings. The van der Waals surface area contributed by atoms with Gasteiger partial charge in [0.1, 0.15) is 5.01 Å². The highest BCUT2D eigenvalue weighted by atomic mass is 79.9. The van der Waals surface area contributed by atoms with Crippen LogP contribution in [0.1, 0.15) is 12.8 Å². The number of morpholine rings is 1. The zero-order valence-corrected chi connectivity index (χ0v) is 18.8. The minimum atomic E-state index is -3.52. The van der Waals surface area contributed by atoms with Gasteiger partial charge >= 0.3 is 0 Å². The molecule has 2 saturated heterocycles. The third kappa shape index (κ3) is 4.66. The largest absolute Gasteiger partial charge is 0.379 e. The van der Waals surface area contributed by atoms with E-state index in [9.17, 15) is 8.42 Å². The number of aromatic nitrogens is 1. The Morgan fingerprint density at radius 3 is 2.46 bits per heavy atom. The van der Waals surface area contributed by atoms with Crippen LogP contribution in [-0.4, -0.2) is 68.5 Å². The van der Waals surface area contributed by atoms with Crippen LogP contribution in [0.15, 0.2) is 39.1 Å². The maximum Gasteiger partial charge on any atom is 0.261 e. The third-order valence-corrected chi connectivity index (χ3v) is 8.72. The lowest BCUT2D eigenvalue weighted by molar-refractivity contribution is 0.0269. The molecule has 2 aliphatic rings. The normalized spacial score (nSPS) is 20.5. The number of nitrogens with zero attached hydrogens (tertiary/aromatic N) is 3. The summed E-state index contributed by atoms with van der Waals surface area (Å²) in [6.07, 6.45) is 1.81. The Bertz CT molecular complexity index is 887. The Morgan fingerprint density at radius 2 is 1.79 bits per heavy atom. The summed E-state index contributed by atoms with van der Waals surface area (Å²) in [6.45, 7) is 5.76. The van der Waals surface area contributed by atoms with Crippen molar-refractivity contribution in [3.8, 4) is 10.6 Å². The zero-order chi connectivity index (χ0) is 19.6. The lowest BCUT2D eigenvalue weighted by atomic mass is 9.97. The van der Waals surface area contributed by atoms with Crippen molar-refractivity contribution in [2.75, 3.05) is 45.9 Å². The number of piperidine rings is 1. The molecular weight excluding hydrogens is 462 g/mol. The molecule has 0 saturated carbocycles. The molecular formula is C19H24BrN3O3S2. The monoisotopic (exact) mass is 485 g/mol. The predicted molar refractivity (Wildman–Crippen MR) is 114 cm³/mol. The van der Waals surface area contributed by atoms with Crippen LogP contribution in [0.25, 0.3) is 10.6 Å². The summed E-state index contributed by atoms with van der Waals surface area (Å²) in [5, 5.41) is 2.56. The number of rotatable bonds is 5. The molecule has 0 amide bonds. The van der Waals surface area contributed by atoms with Gasteiger partial charge in [0, 0.05) is 48.1 Å². The highest BCUT2D eigenvalue weighted by molar-refractivity contribution is 9.10. The molecule has 0 aliphatic carbocycles. The summed E-state index contributed by atoms with van der Waals surface area (Å²) < 4.78 is 34.0. The fourth-order valence-corrected chi connectivity index (χ4v) is 6.52. The first-order valence-corrected chi connectivity index (χ1v) is 12.7. The summed E-state index contributed by atoms with van der Waals surface area (Å²) in [6, 6.07) is 7.75. The smallest absolute Gasteiger partial charge is 0.261 e. The molecule has 9 heteroatoms. The van der Waals surface area contributed by atoms with Gasteiger partial charge in [-0.05, 0) is 30.9 Å². The van der Waals surface area contributed by atoms with E-state index in [1.807, 2.05) is 24.3 Å². The van der Waals surface area contributed by atoms with E-state index in [2.05, 4.69) is 25.8 Å². The van der Waals surface area contributed by atoms with Crippen LogP contribution >= 0.6 is 27.3 Å². The number of hydrogen-bond acceptors (Lipinski definition) is 6. The van der Waals surface area contributed by atoms with Gasteiger partial charge in [0.15, 0.2) is 5.03 Å². The molecule has 3 heterocycles. The molecule has 28 heavy (non-hydrogen) atoms. The second kappa shape index (κ2) is 8.89. The minimum absolute atomic E-state index is 0.169. The van der Waals surface area contributed by atoms with Gasteiger partial charge in [-0.1, -0.05) is 28.1 Å². The number of hydrogen-bond donors (Lipinski definition) is 0. The van der Waals surface area contributed by atoms with Gasteiger partial charge in [0.2, 0.25) is 0 Å². The minimum Gasteiger partial charge on any atom is -0.379 e. The van der Waals surface area contributed by atoms with Gasteiger partial charge in [-0.15, -0.1) is 11.3 Å². The molecule has 0 radical (unpaired) electrons. The molecule has 2 aliphatic heterocycles. The predicted octanol–water partition coefficient (Wildman–Crippen LogP) is 3.31. The summed E-state index contributed by atoms with van der Waals surface area (Å²) in [4.78, 5) is 6.85. The summed E-state index contributed by atoms with van der Waals surface area (Å²) in [5.74, 6) is 0.554. The van der Waals surface area contributed by atoms with Crippen LogP contribution in [0.3, 0.4) is 0 Å². The molecule has 0 spiro atoms. The van der Waals surface area contributed by atoms with Gasteiger partial charge in [0.25, 0.3) is 10.0 Å². The lowest BCUT2D eigenvalue weighted by Gasteiger charge is -2.35. The molecule has 1 aromatic heterocycles. The second-order valence-corrected chi connectivity index (χ2v) is 10.9. The maximum atomic E-state index is 13.0. The Hall–Kier alpha value is -0.840. The van der Waals surface area contributed by atoms with Gasteiger partial charge in [0.05, 0.1) is 13.2 Å². The molecule has 152 valence electrons. The zero-order valence-electron chi connectivity index (χ0n) is 15.6. The van der Waals surface area contributed by atoms with Gasteiger partial charge in [-0.2, -0.15) is 4.31 Å². The van der Waals surface area contributed by atoms with Crippen molar-refractivity contribution >= 4 is 37.3 Å². The topological polar surface area (TPSA) is 62.7 Å². The van der Waals surface area contributed by atoms with Crippen molar-refractivity contribution in [2.45, 2.75) is 17.9 Å². The molecule has 1 aromatic carbocycles. The maximum absolute atomic E-state index is 13.0. The molecule has 0 bridgehead atoms. The van der Waals surface area contributed by atoms with Gasteiger partial charge < -0.3 is 4.74 Å². The quantitative estimate of drug-likeness (QED) is 0.649. The van der Waals surface area contributed by atoms with Crippen molar-refractivity contribution in [1.29, 1.82) is 0 Å². The Kier molecular flexibility index (Phi) is 6.49. The first-order chi connectivity index (χ1) is 13.5. The van der Waals surface area contributed by atoms with Crippen LogP contribution < -0.4 is 0 Å². The van der Waals surface area contributed by atoms with E-state index in [4.69, 9.17) is 4.74 Å². The van der Waals surface area contributed by atoms with Crippen LogP contribution in [0, 0.1) is 5.92 Å². The standard InChI is InChI=1S/C19H24BrN3O3S2/c20-17-3-1-16(2-4-17)19-21-18(14-27-19)28(24,25)23-7-5-15(6-8-23)13-22-9-11-26-12-10-22/h1-4,14-15H,5-13H2. The van der Waals surface area contributed by atoms with Crippen molar-refractivity contribution in [1.82, 2.24) is 14.2 Å². The van der Waals surface area contributed by atoms with E-state index < -0.39 is 10.0 Å². The SMILES string of the molecule is O=S(=O)(c1csc(-c2ccc(Br)cc2)n1)N1CCC(CN2CCOCC2)CC1. The number of thiazole rings is 1. The number of sulfonamides is 1. The summed E-state index contributed by atoms with van der Waals surface area (Å²) in [7, 11) is -3.52. The van der Waals surface area contributed by atoms with E-state index >= 15 is 0 Å². The number of benzene rings is 1. The van der Waals surface area contributed by atoms with Crippen LogP contribution in [-0.2, 0) is 14.8 Å². The van der Waals surface area contributed by atoms with E-state index in [1.165, 1.54) is 11.3 Å². The average molecular weight is 486 g/mol. The van der Waals surface area contributed by atoms with Gasteiger partial charge in [-0.25, -0.2) is 13.4 Å². The molecule has 0 unspecified atom stereocenters. The number of halogens is 1. The van der Waals surface area contributed by atoms with Crippen LogP contribution in [0.2, 0.25) is 0 Å². The average Bonchev–Trinajstić information content (AvgIpc) is 3.21. The van der Waals surface area contributed by atoms with Crippen molar-refractivity contribution in [3.05, 3.63) is 34.1 Å². The first kappa shape index (κ1) is 20.4. The third-order valence-electron chi connectivity index (χ3n) is 5.37. The highest BCUT2D eigenvalue weighted by Crippen LogP contribution is 2.30. The fourth-order valence-electron chi connectivity index (χ4n) is 3.72. The van der Waals surface area contributed by atoms with Crippen molar-refractivity contribution in [3.63, 3.8) is 0 Å². The van der Waals surface area contributed by atoms with Crippen molar-refractivity contribution in [2.24, 2.45) is 5.92 Å². The van der Waals surface area contributed by atoms with E-state index in [1.54, 1.807) is 9.69 Å². The highest BCUT2D eigenvalue weighted by Gasteiger charge is 2.32. The van der Waals surface area contributed by atoms with Gasteiger partial charge in [-0.3, -0.25) is 4.90 Å². The fraction of sp³-hybridized carbons (Fsp3) is 0.526. The second-order valence-electron chi connectivity index (χ2n) is 7.26. The first-order valence-electron chi connectivity index (χ1n) is 9.54. The Labute approximate surface area is 178 Å². The van der Waals surface area contributed by atoms with Crippen molar-refractivity contribution < 1.29 is 13.2 Å². The Balaban J connectivity index is 1.38. The lowest BCUT2D eigenvalue weighted by Crippen LogP contribution is -2.44. The Morgan fingerprint density at radius 1 is 1.11 bits per heavy atom. The molecule has 0 atom stereocenters. The van der Waals surface area contributed by atoms with Crippen LogP contribution in [0.4, 0.5) is 0 Å². The molecule has 2 fully saturated rings. The summed E-state index contributed by atoms with van der Waals surface area (Å²) >= 11 is 4.79. The summed E-state index contributed by atoms with van der Waals surface area (Å²) in [5.41, 5.74) is 0.930. The van der Waals surface area contributed by atoms with Crippen LogP contribution in [0.5, 0.6) is 0 Å². The molecule has 4 rings (SSSR count). The molecule has 6 nitrogen and oxygen atoms in total.